The summed E-state index contributed by atoms with van der Waals surface area (Å²) < 4.78 is 5.82. The monoisotopic (exact) mass is 403 g/mol. The summed E-state index contributed by atoms with van der Waals surface area (Å²) >= 11 is 0. The largest absolute Gasteiger partial charge is 0.460 e. The number of carbonyl (C=O) groups is 1. The van der Waals surface area contributed by atoms with Crippen molar-refractivity contribution in [2.45, 2.75) is 51.0 Å². The molecule has 2 bridgehead atoms. The van der Waals surface area contributed by atoms with Crippen LogP contribution < -0.4 is 0 Å². The number of fused-ring (bicyclic) bond motifs is 3. The fourth-order valence-electron chi connectivity index (χ4n) is 6.35. The Hall–Kier alpha value is -2.95. The van der Waals surface area contributed by atoms with Gasteiger partial charge < -0.3 is 4.74 Å². The number of carbonyl (C=O) groups excluding carboxylic acids is 1. The summed E-state index contributed by atoms with van der Waals surface area (Å²) in [6.45, 7) is 6.55. The Morgan fingerprint density at radius 2 is 2.00 bits per heavy atom. The van der Waals surface area contributed by atoms with E-state index in [4.69, 9.17) is 4.74 Å². The highest BCUT2D eigenvalue weighted by atomic mass is 16.6. The highest BCUT2D eigenvalue weighted by molar-refractivity contribution is 5.83. The third-order valence-electron chi connectivity index (χ3n) is 7.62. The lowest BCUT2D eigenvalue weighted by Gasteiger charge is -2.39. The molecule has 0 heterocycles. The molecule has 0 amide bonds. The van der Waals surface area contributed by atoms with Gasteiger partial charge >= 0.3 is 5.97 Å². The van der Waals surface area contributed by atoms with E-state index in [2.05, 4.69) is 31.7 Å². The van der Waals surface area contributed by atoms with Crippen LogP contribution in [-0.4, -0.2) is 10.9 Å². The Morgan fingerprint density at radius 1 is 1.23 bits per heavy atom. The van der Waals surface area contributed by atoms with Gasteiger partial charge in [-0.25, -0.2) is 0 Å². The van der Waals surface area contributed by atoms with E-state index in [1.807, 2.05) is 0 Å². The second-order valence-electron chi connectivity index (χ2n) is 9.14. The van der Waals surface area contributed by atoms with Gasteiger partial charge in [0.2, 0.25) is 0 Å². The first-order valence-corrected chi connectivity index (χ1v) is 10.6. The molecule has 0 unspecified atom stereocenters. The number of hydrogen-bond acceptors (Lipinski definition) is 4. The second-order valence-corrected chi connectivity index (χ2v) is 9.14. The van der Waals surface area contributed by atoms with Crippen molar-refractivity contribution >= 4 is 11.7 Å². The zero-order valence-electron chi connectivity index (χ0n) is 17.1. The lowest BCUT2D eigenvalue weighted by molar-refractivity contribution is -0.384. The van der Waals surface area contributed by atoms with Gasteiger partial charge in [-0.15, -0.1) is 0 Å². The second kappa shape index (κ2) is 6.79. The van der Waals surface area contributed by atoms with Gasteiger partial charge in [0.25, 0.3) is 5.69 Å². The van der Waals surface area contributed by atoms with Crippen molar-refractivity contribution in [2.24, 2.45) is 11.3 Å². The number of ether oxygens (including phenoxy) is 1. The number of aryl methyl sites for hydroxylation is 1. The zero-order chi connectivity index (χ0) is 21.0. The Labute approximate surface area is 175 Å². The van der Waals surface area contributed by atoms with Gasteiger partial charge in [0.1, 0.15) is 6.61 Å². The van der Waals surface area contributed by atoms with E-state index in [1.54, 1.807) is 12.1 Å². The van der Waals surface area contributed by atoms with E-state index in [0.29, 0.717) is 11.8 Å². The number of hydrogen-bond donors (Lipinski definition) is 0. The molecule has 2 aromatic carbocycles. The number of rotatable bonds is 4. The van der Waals surface area contributed by atoms with Gasteiger partial charge in [-0.05, 0) is 84.2 Å². The molecule has 5 nitrogen and oxygen atoms in total. The van der Waals surface area contributed by atoms with Gasteiger partial charge in [-0.1, -0.05) is 30.4 Å². The van der Waals surface area contributed by atoms with Crippen LogP contribution in [0.15, 0.2) is 54.6 Å². The summed E-state index contributed by atoms with van der Waals surface area (Å²) in [4.78, 5) is 23.9. The van der Waals surface area contributed by atoms with Gasteiger partial charge in [0.05, 0.1) is 10.8 Å². The minimum atomic E-state index is -0.431. The Morgan fingerprint density at radius 3 is 2.73 bits per heavy atom. The number of benzene rings is 2. The SMILES string of the molecule is C=C1C[C@]23C[C@H]1CC[C@H]2c1cccc(C)c1[C@@H]3C(=O)OCc1ccc([N+](=O)[O-])cc1. The van der Waals surface area contributed by atoms with Crippen molar-refractivity contribution in [1.29, 1.82) is 0 Å². The first-order chi connectivity index (χ1) is 14.4. The fourth-order valence-corrected chi connectivity index (χ4v) is 6.35. The molecule has 0 aliphatic heterocycles. The number of nitrogens with zero attached hydrogens (tertiary/aromatic N) is 1. The molecule has 154 valence electrons. The van der Waals surface area contributed by atoms with Crippen LogP contribution in [0.2, 0.25) is 0 Å². The average Bonchev–Trinajstić information content (AvgIpc) is 3.16. The lowest BCUT2D eigenvalue weighted by Crippen LogP contribution is -2.35. The van der Waals surface area contributed by atoms with Crippen LogP contribution in [0.5, 0.6) is 0 Å². The Bertz CT molecular complexity index is 1060. The van der Waals surface area contributed by atoms with Crippen molar-refractivity contribution in [3.8, 4) is 0 Å². The molecule has 2 saturated carbocycles. The normalized spacial score (nSPS) is 28.7. The number of nitro benzene ring substituents is 1. The zero-order valence-corrected chi connectivity index (χ0v) is 17.1. The van der Waals surface area contributed by atoms with Crippen LogP contribution in [0.1, 0.15) is 59.8 Å². The molecule has 3 aliphatic carbocycles. The van der Waals surface area contributed by atoms with Crippen LogP contribution in [0, 0.1) is 28.4 Å². The fraction of sp³-hybridized carbons (Fsp3) is 0.400. The summed E-state index contributed by atoms with van der Waals surface area (Å²) in [5.74, 6) is 0.459. The maximum absolute atomic E-state index is 13.5. The summed E-state index contributed by atoms with van der Waals surface area (Å²) in [6.07, 6.45) is 4.17. The van der Waals surface area contributed by atoms with E-state index >= 15 is 0 Å². The molecule has 4 atom stereocenters. The molecule has 5 rings (SSSR count). The molecule has 5 heteroatoms. The van der Waals surface area contributed by atoms with Crippen molar-refractivity contribution in [1.82, 2.24) is 0 Å². The summed E-state index contributed by atoms with van der Waals surface area (Å²) in [7, 11) is 0. The quantitative estimate of drug-likeness (QED) is 0.289. The smallest absolute Gasteiger partial charge is 0.314 e. The number of allylic oxidation sites excluding steroid dienone is 1. The highest BCUT2D eigenvalue weighted by Crippen LogP contribution is 2.70. The Balaban J connectivity index is 1.45. The first-order valence-electron chi connectivity index (χ1n) is 10.6. The first kappa shape index (κ1) is 19.0. The van der Waals surface area contributed by atoms with Crippen molar-refractivity contribution in [2.75, 3.05) is 0 Å². The van der Waals surface area contributed by atoms with Crippen LogP contribution in [0.3, 0.4) is 0 Å². The molecule has 1 spiro atoms. The molecule has 0 aromatic heterocycles. The maximum Gasteiger partial charge on any atom is 0.314 e. The number of esters is 1. The number of non-ortho nitro benzene ring substituents is 1. The Kier molecular flexibility index (Phi) is 4.31. The molecule has 30 heavy (non-hydrogen) atoms. The molecular formula is C25H25NO4. The van der Waals surface area contributed by atoms with Gasteiger partial charge in [0, 0.05) is 12.1 Å². The molecular weight excluding hydrogens is 378 g/mol. The minimum absolute atomic E-state index is 0.0323. The van der Waals surface area contributed by atoms with Gasteiger partial charge in [-0.2, -0.15) is 0 Å². The summed E-state index contributed by atoms with van der Waals surface area (Å²) in [5, 5.41) is 10.8. The lowest BCUT2D eigenvalue weighted by atomic mass is 9.64. The van der Waals surface area contributed by atoms with Crippen molar-refractivity contribution in [3.05, 3.63) is 87.0 Å². The van der Waals surface area contributed by atoms with E-state index in [-0.39, 0.29) is 29.6 Å². The number of nitro groups is 1. The third kappa shape index (κ3) is 2.72. The molecule has 0 saturated heterocycles. The van der Waals surface area contributed by atoms with Crippen LogP contribution in [-0.2, 0) is 16.1 Å². The maximum atomic E-state index is 13.5. The van der Waals surface area contributed by atoms with E-state index in [9.17, 15) is 14.9 Å². The van der Waals surface area contributed by atoms with E-state index in [1.165, 1.54) is 23.3 Å². The standard InChI is InChI=1S/C25H25NO4/c1-15-4-3-5-20-21-11-8-18-13-25(21,12-16(18)2)23(22(15)20)24(27)30-14-17-6-9-19(10-7-17)26(28)29/h3-7,9-10,18,21,23H,2,8,11-14H2,1H3/t18-,21+,23-,25+/m1/s1. The van der Waals surface area contributed by atoms with Crippen molar-refractivity contribution in [3.63, 3.8) is 0 Å². The third-order valence-corrected chi connectivity index (χ3v) is 7.62. The van der Waals surface area contributed by atoms with Crippen LogP contribution >= 0.6 is 0 Å². The van der Waals surface area contributed by atoms with Crippen LogP contribution in [0.25, 0.3) is 0 Å². The highest BCUT2D eigenvalue weighted by Gasteiger charge is 2.62. The predicted octanol–water partition coefficient (Wildman–Crippen LogP) is 5.57. The van der Waals surface area contributed by atoms with E-state index in [0.717, 1.165) is 42.4 Å². The van der Waals surface area contributed by atoms with Gasteiger partial charge in [-0.3, -0.25) is 14.9 Å². The van der Waals surface area contributed by atoms with Crippen LogP contribution in [0.4, 0.5) is 5.69 Å². The molecule has 2 fully saturated rings. The average molecular weight is 403 g/mol. The molecule has 0 N–H and O–H groups in total. The van der Waals surface area contributed by atoms with Crippen molar-refractivity contribution < 1.29 is 14.5 Å². The van der Waals surface area contributed by atoms with E-state index < -0.39 is 4.92 Å². The molecule has 3 aliphatic rings. The molecule has 2 aromatic rings. The minimum Gasteiger partial charge on any atom is -0.460 e. The van der Waals surface area contributed by atoms with Gasteiger partial charge in [0.15, 0.2) is 0 Å². The summed E-state index contributed by atoms with van der Waals surface area (Å²) in [6, 6.07) is 12.6. The predicted molar refractivity (Wildman–Crippen MR) is 113 cm³/mol. The topological polar surface area (TPSA) is 69.4 Å². The molecule has 0 radical (unpaired) electrons. The summed E-state index contributed by atoms with van der Waals surface area (Å²) in [5.41, 5.74) is 5.60.